The summed E-state index contributed by atoms with van der Waals surface area (Å²) in [4.78, 5) is 2.24. The molecular formula is C10H21N3O4S. The van der Waals surface area contributed by atoms with Crippen LogP contribution in [0.1, 0.15) is 6.42 Å². The van der Waals surface area contributed by atoms with Crippen LogP contribution in [0.3, 0.4) is 0 Å². The number of piperazine rings is 1. The Labute approximate surface area is 108 Å². The molecule has 18 heavy (non-hydrogen) atoms. The molecule has 8 heteroatoms. The molecule has 2 aliphatic heterocycles. The van der Waals surface area contributed by atoms with Gasteiger partial charge in [0.1, 0.15) is 0 Å². The third kappa shape index (κ3) is 4.15. The summed E-state index contributed by atoms with van der Waals surface area (Å²) in [5.74, 6) is 0. The fourth-order valence-corrected chi connectivity index (χ4v) is 2.91. The normalized spacial score (nSPS) is 28.4. The van der Waals surface area contributed by atoms with Gasteiger partial charge in [-0.25, -0.2) is 5.14 Å². The molecule has 2 rings (SSSR count). The van der Waals surface area contributed by atoms with E-state index >= 15 is 0 Å². The summed E-state index contributed by atoms with van der Waals surface area (Å²) in [6.07, 6.45) is 1.10. The van der Waals surface area contributed by atoms with E-state index in [4.69, 9.17) is 14.6 Å². The Morgan fingerprint density at radius 2 is 1.89 bits per heavy atom. The first-order chi connectivity index (χ1) is 8.55. The topological polar surface area (TPSA) is 85.1 Å². The average molecular weight is 279 g/mol. The summed E-state index contributed by atoms with van der Waals surface area (Å²) in [5, 5.41) is 5.09. The van der Waals surface area contributed by atoms with E-state index < -0.39 is 10.2 Å². The molecule has 7 nitrogen and oxygen atoms in total. The summed E-state index contributed by atoms with van der Waals surface area (Å²) in [6, 6.07) is 0. The highest BCUT2D eigenvalue weighted by Crippen LogP contribution is 2.09. The first-order valence-corrected chi connectivity index (χ1v) is 7.75. The second kappa shape index (κ2) is 6.27. The van der Waals surface area contributed by atoms with Crippen molar-refractivity contribution < 1.29 is 17.9 Å². The van der Waals surface area contributed by atoms with Crippen LogP contribution in [-0.4, -0.2) is 76.3 Å². The van der Waals surface area contributed by atoms with Crippen LogP contribution in [0.4, 0.5) is 0 Å². The molecule has 1 atom stereocenters. The summed E-state index contributed by atoms with van der Waals surface area (Å²) in [5.41, 5.74) is 0. The Hall–Kier alpha value is -0.250. The molecule has 0 aromatic carbocycles. The SMILES string of the molecule is NS(=O)(=O)N1CCN(CCC2COCCO2)CC1. The smallest absolute Gasteiger partial charge is 0.276 e. The van der Waals surface area contributed by atoms with E-state index in [1.165, 1.54) is 4.31 Å². The van der Waals surface area contributed by atoms with Gasteiger partial charge in [0.2, 0.25) is 0 Å². The Kier molecular flexibility index (Phi) is 4.93. The molecule has 0 radical (unpaired) electrons. The highest BCUT2D eigenvalue weighted by molar-refractivity contribution is 7.86. The van der Waals surface area contributed by atoms with E-state index in [-0.39, 0.29) is 6.10 Å². The maximum atomic E-state index is 11.1. The van der Waals surface area contributed by atoms with E-state index in [2.05, 4.69) is 4.90 Å². The maximum Gasteiger partial charge on any atom is 0.276 e. The van der Waals surface area contributed by atoms with Gasteiger partial charge in [-0.3, -0.25) is 0 Å². The van der Waals surface area contributed by atoms with Crippen molar-refractivity contribution in [2.24, 2.45) is 5.14 Å². The number of rotatable bonds is 4. The van der Waals surface area contributed by atoms with E-state index in [0.29, 0.717) is 32.9 Å². The molecular weight excluding hydrogens is 258 g/mol. The van der Waals surface area contributed by atoms with Gasteiger partial charge in [-0.2, -0.15) is 12.7 Å². The predicted molar refractivity (Wildman–Crippen MR) is 66.3 cm³/mol. The van der Waals surface area contributed by atoms with Crippen molar-refractivity contribution in [1.29, 1.82) is 0 Å². The van der Waals surface area contributed by atoms with Crippen molar-refractivity contribution in [3.63, 3.8) is 0 Å². The number of ether oxygens (including phenoxy) is 2. The highest BCUT2D eigenvalue weighted by atomic mass is 32.2. The third-order valence-corrected chi connectivity index (χ3v) is 4.43. The van der Waals surface area contributed by atoms with Crippen molar-refractivity contribution in [1.82, 2.24) is 9.21 Å². The Morgan fingerprint density at radius 1 is 1.17 bits per heavy atom. The maximum absolute atomic E-state index is 11.1. The van der Waals surface area contributed by atoms with Crippen molar-refractivity contribution in [3.8, 4) is 0 Å². The van der Waals surface area contributed by atoms with E-state index in [0.717, 1.165) is 26.1 Å². The molecule has 1 unspecified atom stereocenters. The zero-order valence-electron chi connectivity index (χ0n) is 10.5. The Balaban J connectivity index is 1.67. The van der Waals surface area contributed by atoms with Crippen LogP contribution in [0, 0.1) is 0 Å². The second-order valence-electron chi connectivity index (χ2n) is 4.64. The van der Waals surface area contributed by atoms with E-state index in [1.807, 2.05) is 0 Å². The zero-order valence-corrected chi connectivity index (χ0v) is 11.3. The van der Waals surface area contributed by atoms with Gasteiger partial charge in [-0.15, -0.1) is 0 Å². The lowest BCUT2D eigenvalue weighted by molar-refractivity contribution is -0.0930. The number of nitrogens with two attached hydrogens (primary N) is 1. The largest absolute Gasteiger partial charge is 0.376 e. The molecule has 0 saturated carbocycles. The molecule has 0 aromatic rings. The Morgan fingerprint density at radius 3 is 2.44 bits per heavy atom. The average Bonchev–Trinajstić information content (AvgIpc) is 2.37. The molecule has 0 bridgehead atoms. The third-order valence-electron chi connectivity index (χ3n) is 3.34. The molecule has 2 aliphatic rings. The zero-order chi connectivity index (χ0) is 13.0. The molecule has 0 spiro atoms. The number of hydrogen-bond acceptors (Lipinski definition) is 5. The van der Waals surface area contributed by atoms with Gasteiger partial charge in [0.25, 0.3) is 10.2 Å². The molecule has 2 saturated heterocycles. The van der Waals surface area contributed by atoms with Gasteiger partial charge < -0.3 is 14.4 Å². The van der Waals surface area contributed by atoms with Crippen LogP contribution in [0.2, 0.25) is 0 Å². The predicted octanol–water partition coefficient (Wildman–Crippen LogP) is -1.39. The molecule has 0 amide bonds. The van der Waals surface area contributed by atoms with Crippen molar-refractivity contribution in [2.75, 3.05) is 52.5 Å². The molecule has 2 N–H and O–H groups in total. The molecule has 2 heterocycles. The first-order valence-electron chi connectivity index (χ1n) is 6.25. The summed E-state index contributed by atoms with van der Waals surface area (Å²) in [6.45, 7) is 5.33. The summed E-state index contributed by atoms with van der Waals surface area (Å²) in [7, 11) is -3.52. The fraction of sp³-hybridized carbons (Fsp3) is 1.00. The highest BCUT2D eigenvalue weighted by Gasteiger charge is 2.24. The monoisotopic (exact) mass is 279 g/mol. The van der Waals surface area contributed by atoms with Gasteiger partial charge >= 0.3 is 0 Å². The van der Waals surface area contributed by atoms with Crippen LogP contribution < -0.4 is 5.14 Å². The van der Waals surface area contributed by atoms with E-state index in [9.17, 15) is 8.42 Å². The van der Waals surface area contributed by atoms with Gasteiger partial charge in [-0.05, 0) is 6.42 Å². The minimum absolute atomic E-state index is 0.176. The summed E-state index contributed by atoms with van der Waals surface area (Å²) >= 11 is 0. The van der Waals surface area contributed by atoms with Gasteiger partial charge in [0.15, 0.2) is 0 Å². The van der Waals surface area contributed by atoms with Crippen molar-refractivity contribution in [3.05, 3.63) is 0 Å². The second-order valence-corrected chi connectivity index (χ2v) is 6.19. The van der Waals surface area contributed by atoms with Crippen LogP contribution in [0.15, 0.2) is 0 Å². The van der Waals surface area contributed by atoms with Gasteiger partial charge in [-0.1, -0.05) is 0 Å². The standard InChI is InChI=1S/C10H21N3O4S/c11-18(14,15)13-5-3-12(4-6-13)2-1-10-9-16-7-8-17-10/h10H,1-9H2,(H2,11,14,15). The quantitative estimate of drug-likeness (QED) is 0.685. The van der Waals surface area contributed by atoms with Gasteiger partial charge in [0.05, 0.1) is 25.9 Å². The van der Waals surface area contributed by atoms with Gasteiger partial charge in [0, 0.05) is 32.7 Å². The lowest BCUT2D eigenvalue weighted by atomic mass is 10.2. The molecule has 2 fully saturated rings. The number of hydrogen-bond donors (Lipinski definition) is 1. The van der Waals surface area contributed by atoms with Crippen LogP contribution in [0.25, 0.3) is 0 Å². The van der Waals surface area contributed by atoms with Crippen LogP contribution in [-0.2, 0) is 19.7 Å². The van der Waals surface area contributed by atoms with Crippen molar-refractivity contribution in [2.45, 2.75) is 12.5 Å². The van der Waals surface area contributed by atoms with Crippen LogP contribution >= 0.6 is 0 Å². The molecule has 0 aromatic heterocycles. The molecule has 106 valence electrons. The Bertz CT molecular complexity index is 348. The van der Waals surface area contributed by atoms with Crippen molar-refractivity contribution >= 4 is 10.2 Å². The molecule has 0 aliphatic carbocycles. The van der Waals surface area contributed by atoms with Crippen LogP contribution in [0.5, 0.6) is 0 Å². The summed E-state index contributed by atoms with van der Waals surface area (Å²) < 4.78 is 34.5. The lowest BCUT2D eigenvalue weighted by Crippen LogP contribution is -2.51. The first kappa shape index (κ1) is 14.2. The fourth-order valence-electron chi connectivity index (χ4n) is 2.24. The minimum atomic E-state index is -3.52. The minimum Gasteiger partial charge on any atom is -0.376 e. The number of nitrogens with zero attached hydrogens (tertiary/aromatic N) is 2. The lowest BCUT2D eigenvalue weighted by Gasteiger charge is -2.34. The van der Waals surface area contributed by atoms with E-state index in [1.54, 1.807) is 0 Å².